The van der Waals surface area contributed by atoms with Crippen LogP contribution in [-0.2, 0) is 0 Å². The molecule has 0 fully saturated rings. The molecule has 5 aromatic rings. The Morgan fingerprint density at radius 2 is 1.02 bits per heavy atom. The summed E-state index contributed by atoms with van der Waals surface area (Å²) in [6.07, 6.45) is 2.30. The summed E-state index contributed by atoms with van der Waals surface area (Å²) in [5, 5.41) is 23.6. The predicted molar refractivity (Wildman–Crippen MR) is 172 cm³/mol. The second-order valence-electron chi connectivity index (χ2n) is 11.4. The SMILES string of the molecule is CC1c2cccc3cccc(c23)C1C.CCC(C)c1ccc(O)cc1.CCC(C)c1ccc2cc(O)ccc2c1. The zero-order valence-electron chi connectivity index (χ0n) is 24.9. The number of benzene rings is 5. The molecule has 0 aliphatic heterocycles. The Morgan fingerprint density at radius 1 is 0.550 bits per heavy atom. The third kappa shape index (κ3) is 6.50. The van der Waals surface area contributed by atoms with Crippen LogP contribution in [0.2, 0.25) is 0 Å². The number of fused-ring (bicyclic) bond motifs is 1. The fourth-order valence-corrected chi connectivity index (χ4v) is 5.53. The normalized spacial score (nSPS) is 16.9. The molecule has 0 saturated heterocycles. The summed E-state index contributed by atoms with van der Waals surface area (Å²) in [5.74, 6) is 3.22. The van der Waals surface area contributed by atoms with Crippen molar-refractivity contribution >= 4 is 21.5 Å². The topological polar surface area (TPSA) is 40.5 Å². The lowest BCUT2D eigenvalue weighted by Crippen LogP contribution is -1.95. The van der Waals surface area contributed by atoms with Crippen LogP contribution in [0.5, 0.6) is 11.5 Å². The van der Waals surface area contributed by atoms with Crippen LogP contribution >= 0.6 is 0 Å². The largest absolute Gasteiger partial charge is 0.508 e. The maximum absolute atomic E-state index is 9.35. The first-order valence-corrected chi connectivity index (χ1v) is 14.8. The Labute approximate surface area is 240 Å². The second-order valence-corrected chi connectivity index (χ2v) is 11.4. The minimum Gasteiger partial charge on any atom is -0.508 e. The molecule has 4 unspecified atom stereocenters. The van der Waals surface area contributed by atoms with E-state index in [1.54, 1.807) is 24.3 Å². The van der Waals surface area contributed by atoms with Gasteiger partial charge in [0.15, 0.2) is 0 Å². The molecule has 0 heterocycles. The van der Waals surface area contributed by atoms with E-state index in [1.807, 2.05) is 18.2 Å². The zero-order valence-corrected chi connectivity index (χ0v) is 24.9. The minimum absolute atomic E-state index is 0.332. The van der Waals surface area contributed by atoms with Gasteiger partial charge in [-0.15, -0.1) is 0 Å². The molecule has 6 rings (SSSR count). The number of aromatic hydroxyl groups is 2. The van der Waals surface area contributed by atoms with Crippen LogP contribution in [0.4, 0.5) is 0 Å². The molecule has 2 nitrogen and oxygen atoms in total. The second kappa shape index (κ2) is 13.0. The van der Waals surface area contributed by atoms with E-state index in [0.29, 0.717) is 35.2 Å². The van der Waals surface area contributed by atoms with Crippen LogP contribution in [0.1, 0.15) is 100 Å². The van der Waals surface area contributed by atoms with Gasteiger partial charge in [-0.3, -0.25) is 0 Å². The van der Waals surface area contributed by atoms with Gasteiger partial charge in [-0.25, -0.2) is 0 Å². The van der Waals surface area contributed by atoms with Crippen molar-refractivity contribution in [2.45, 2.75) is 78.1 Å². The average Bonchev–Trinajstić information content (AvgIpc) is 3.23. The summed E-state index contributed by atoms with van der Waals surface area (Å²) in [6, 6.07) is 32.7. The van der Waals surface area contributed by atoms with Gasteiger partial charge in [-0.1, -0.05) is 114 Å². The third-order valence-electron chi connectivity index (χ3n) is 8.80. The van der Waals surface area contributed by atoms with Crippen LogP contribution in [-0.4, -0.2) is 10.2 Å². The lowest BCUT2D eigenvalue weighted by molar-refractivity contribution is 0.474. The molecule has 0 amide bonds. The van der Waals surface area contributed by atoms with E-state index >= 15 is 0 Å². The van der Waals surface area contributed by atoms with Gasteiger partial charge in [-0.2, -0.15) is 0 Å². The van der Waals surface area contributed by atoms with Crippen LogP contribution in [0, 0.1) is 0 Å². The van der Waals surface area contributed by atoms with Crippen molar-refractivity contribution < 1.29 is 10.2 Å². The Hall–Kier alpha value is -3.78. The molecule has 5 aromatic carbocycles. The molecule has 0 aromatic heterocycles. The summed E-state index contributed by atoms with van der Waals surface area (Å²) in [5.41, 5.74) is 5.73. The van der Waals surface area contributed by atoms with E-state index in [9.17, 15) is 5.11 Å². The standard InChI is InChI=1S/C14H16O.C14H14.C10H14O/c1-3-10(2)11-4-5-13-9-14(15)7-6-12(13)8-11;1-9-10(2)13-8-4-6-11-5-3-7-12(9)14(11)13;1-3-8(2)9-4-6-10(11)7-5-9/h4-10,15H,3H2,1-2H3;3-10H,1-2H3;4-8,11H,3H2,1-2H3. The molecular formula is C38H44O2. The molecule has 1 aliphatic carbocycles. The maximum atomic E-state index is 9.35. The quantitative estimate of drug-likeness (QED) is 0.242. The van der Waals surface area contributed by atoms with Gasteiger partial charge in [0.05, 0.1) is 0 Å². The summed E-state index contributed by atoms with van der Waals surface area (Å²) < 4.78 is 0. The van der Waals surface area contributed by atoms with Crippen LogP contribution in [0.15, 0.2) is 97.1 Å². The number of hydrogen-bond acceptors (Lipinski definition) is 2. The maximum Gasteiger partial charge on any atom is 0.116 e. The van der Waals surface area contributed by atoms with E-state index in [4.69, 9.17) is 5.11 Å². The van der Waals surface area contributed by atoms with Crippen molar-refractivity contribution in [3.8, 4) is 11.5 Å². The Bertz CT molecular complexity index is 1510. The lowest BCUT2D eigenvalue weighted by atomic mass is 9.94. The molecule has 0 saturated carbocycles. The number of hydrogen-bond donors (Lipinski definition) is 2. The van der Waals surface area contributed by atoms with Crippen molar-refractivity contribution in [2.24, 2.45) is 0 Å². The Balaban J connectivity index is 0.000000141. The number of rotatable bonds is 4. The zero-order chi connectivity index (χ0) is 28.8. The first kappa shape index (κ1) is 29.2. The first-order chi connectivity index (χ1) is 19.2. The van der Waals surface area contributed by atoms with Crippen molar-refractivity contribution in [3.05, 3.63) is 119 Å². The molecule has 0 bridgehead atoms. The van der Waals surface area contributed by atoms with Gasteiger partial charge in [0.2, 0.25) is 0 Å². The summed E-state index contributed by atoms with van der Waals surface area (Å²) >= 11 is 0. The van der Waals surface area contributed by atoms with Crippen molar-refractivity contribution in [1.29, 1.82) is 0 Å². The van der Waals surface area contributed by atoms with Crippen molar-refractivity contribution in [1.82, 2.24) is 0 Å². The highest BCUT2D eigenvalue weighted by Crippen LogP contribution is 2.45. The third-order valence-corrected chi connectivity index (χ3v) is 8.80. The Kier molecular flexibility index (Phi) is 9.53. The lowest BCUT2D eigenvalue weighted by Gasteiger charge is -2.10. The number of phenols is 2. The van der Waals surface area contributed by atoms with Crippen molar-refractivity contribution in [2.75, 3.05) is 0 Å². The molecule has 208 valence electrons. The highest BCUT2D eigenvalue weighted by atomic mass is 16.3. The summed E-state index contributed by atoms with van der Waals surface area (Å²) in [7, 11) is 0. The molecule has 4 atom stereocenters. The molecule has 2 N–H and O–H groups in total. The Morgan fingerprint density at radius 3 is 1.60 bits per heavy atom. The fraction of sp³-hybridized carbons (Fsp3) is 0.316. The van der Waals surface area contributed by atoms with Gasteiger partial charge >= 0.3 is 0 Å². The van der Waals surface area contributed by atoms with E-state index in [-0.39, 0.29) is 0 Å². The van der Waals surface area contributed by atoms with Crippen LogP contribution in [0.25, 0.3) is 21.5 Å². The summed E-state index contributed by atoms with van der Waals surface area (Å²) in [4.78, 5) is 0. The average molecular weight is 533 g/mol. The van der Waals surface area contributed by atoms with Gasteiger partial charge in [0.25, 0.3) is 0 Å². The fourth-order valence-electron chi connectivity index (χ4n) is 5.53. The molecule has 2 heteroatoms. The van der Waals surface area contributed by atoms with Gasteiger partial charge in [0, 0.05) is 0 Å². The van der Waals surface area contributed by atoms with E-state index in [1.165, 1.54) is 38.4 Å². The van der Waals surface area contributed by atoms with Gasteiger partial charge < -0.3 is 10.2 Å². The van der Waals surface area contributed by atoms with E-state index < -0.39 is 0 Å². The van der Waals surface area contributed by atoms with Crippen LogP contribution in [0.3, 0.4) is 0 Å². The molecule has 0 radical (unpaired) electrons. The van der Waals surface area contributed by atoms with Crippen LogP contribution < -0.4 is 0 Å². The van der Waals surface area contributed by atoms with Gasteiger partial charge in [-0.05, 0) is 105 Å². The van der Waals surface area contributed by atoms with E-state index in [2.05, 4.69) is 96.1 Å². The summed E-state index contributed by atoms with van der Waals surface area (Å²) in [6.45, 7) is 13.5. The molecular weight excluding hydrogens is 488 g/mol. The monoisotopic (exact) mass is 532 g/mol. The minimum atomic E-state index is 0.332. The number of phenolic OH excluding ortho intramolecular Hbond substituents is 2. The smallest absolute Gasteiger partial charge is 0.116 e. The van der Waals surface area contributed by atoms with E-state index in [0.717, 1.165) is 18.2 Å². The first-order valence-electron chi connectivity index (χ1n) is 14.8. The van der Waals surface area contributed by atoms with Crippen molar-refractivity contribution in [3.63, 3.8) is 0 Å². The molecule has 40 heavy (non-hydrogen) atoms. The highest BCUT2D eigenvalue weighted by molar-refractivity contribution is 5.92. The van der Waals surface area contributed by atoms with Gasteiger partial charge in [0.1, 0.15) is 11.5 Å². The highest BCUT2D eigenvalue weighted by Gasteiger charge is 2.27. The molecule has 1 aliphatic rings. The predicted octanol–water partition coefficient (Wildman–Crippen LogP) is 11.0. The molecule has 0 spiro atoms.